The van der Waals surface area contributed by atoms with Crippen LogP contribution in [0.2, 0.25) is 0 Å². The van der Waals surface area contributed by atoms with E-state index in [1.807, 2.05) is 0 Å². The van der Waals surface area contributed by atoms with Crippen molar-refractivity contribution in [2.75, 3.05) is 0 Å². The van der Waals surface area contributed by atoms with Crippen LogP contribution in [0.1, 0.15) is 129 Å². The molecule has 2 aromatic rings. The molecule has 236 valence electrons. The second kappa shape index (κ2) is 15.3. The summed E-state index contributed by atoms with van der Waals surface area (Å²) in [7, 11) is 0. The van der Waals surface area contributed by atoms with Crippen molar-refractivity contribution in [3.63, 3.8) is 0 Å². The van der Waals surface area contributed by atoms with Gasteiger partial charge in [0.05, 0.1) is 0 Å². The van der Waals surface area contributed by atoms with Gasteiger partial charge in [-0.05, 0) is 156 Å². The van der Waals surface area contributed by atoms with Gasteiger partial charge in [-0.15, -0.1) is 0 Å². The van der Waals surface area contributed by atoms with Gasteiger partial charge in [0.25, 0.3) is 0 Å². The first-order valence-corrected chi connectivity index (χ1v) is 16.6. The standard InChI is InChI=1S/C38H52.4CH3.Hf/c1-24-18-25(2)21-28(20-24)30-8-5-10-34-32(30)12-14-36(34)38(16-7-17-38)37-15-13-33-31(9-6-11-35(33)37)29-22-26(3)19-27(4)23-29;;;;;/h18-23,30-37H,5-17H2,1-4H3;4*1H3;/q;4*-1;+4. The molecule has 0 bridgehead atoms. The molecule has 0 aromatic heterocycles. The summed E-state index contributed by atoms with van der Waals surface area (Å²) in [6.07, 6.45) is 19.7. The third-order valence-electron chi connectivity index (χ3n) is 13.0. The first kappa shape index (κ1) is 38.5. The van der Waals surface area contributed by atoms with Gasteiger partial charge in [-0.25, -0.2) is 0 Å². The summed E-state index contributed by atoms with van der Waals surface area (Å²) in [5.74, 6) is 7.64. The Hall–Kier alpha value is -0.690. The maximum atomic E-state index is 2.54. The van der Waals surface area contributed by atoms with Crippen LogP contribution in [0.15, 0.2) is 36.4 Å². The fourth-order valence-electron chi connectivity index (χ4n) is 11.9. The Morgan fingerprint density at radius 3 is 1.14 bits per heavy atom. The smallest absolute Gasteiger partial charge is 0.358 e. The van der Waals surface area contributed by atoms with Gasteiger partial charge in [0.2, 0.25) is 0 Å². The van der Waals surface area contributed by atoms with E-state index in [1.165, 1.54) is 80.0 Å². The van der Waals surface area contributed by atoms with Gasteiger partial charge in [-0.3, -0.25) is 0 Å². The molecule has 0 nitrogen and oxygen atoms in total. The van der Waals surface area contributed by atoms with Crippen molar-refractivity contribution in [3.8, 4) is 0 Å². The molecular weight excluding hydrogens is 683 g/mol. The molecule has 5 fully saturated rings. The minimum Gasteiger partial charge on any atom is -0.358 e. The predicted octanol–water partition coefficient (Wildman–Crippen LogP) is 12.4. The summed E-state index contributed by atoms with van der Waals surface area (Å²) in [6, 6.07) is 14.9. The molecule has 7 rings (SSSR count). The fourth-order valence-corrected chi connectivity index (χ4v) is 11.9. The van der Waals surface area contributed by atoms with Crippen LogP contribution in [0.3, 0.4) is 0 Å². The number of hydrogen-bond acceptors (Lipinski definition) is 0. The van der Waals surface area contributed by atoms with Crippen LogP contribution in [0.4, 0.5) is 0 Å². The summed E-state index contributed by atoms with van der Waals surface area (Å²) in [4.78, 5) is 0. The fraction of sp³-hybridized carbons (Fsp3) is 0.619. The van der Waals surface area contributed by atoms with E-state index < -0.39 is 0 Å². The minimum absolute atomic E-state index is 0. The molecule has 0 heterocycles. The van der Waals surface area contributed by atoms with Gasteiger partial charge in [-0.1, -0.05) is 77.9 Å². The predicted molar refractivity (Wildman–Crippen MR) is 186 cm³/mol. The van der Waals surface area contributed by atoms with Crippen LogP contribution in [0.25, 0.3) is 0 Å². The van der Waals surface area contributed by atoms with E-state index in [4.69, 9.17) is 0 Å². The molecule has 0 saturated heterocycles. The number of benzene rings is 2. The van der Waals surface area contributed by atoms with Crippen LogP contribution in [-0.2, 0) is 25.8 Å². The second-order valence-electron chi connectivity index (χ2n) is 15.0. The van der Waals surface area contributed by atoms with Crippen LogP contribution in [0, 0.1) is 98.3 Å². The molecule has 0 radical (unpaired) electrons. The maximum absolute atomic E-state index is 2.54. The normalized spacial score (nSPS) is 33.5. The third kappa shape index (κ3) is 6.74. The summed E-state index contributed by atoms with van der Waals surface area (Å²) in [6.45, 7) is 9.24. The van der Waals surface area contributed by atoms with Gasteiger partial charge >= 0.3 is 25.8 Å². The molecule has 5 aliphatic rings. The molecule has 1 heteroatoms. The molecule has 5 saturated carbocycles. The Morgan fingerprint density at radius 1 is 0.442 bits per heavy atom. The first-order valence-electron chi connectivity index (χ1n) is 16.6. The third-order valence-corrected chi connectivity index (χ3v) is 13.0. The number of aryl methyl sites for hydroxylation is 4. The topological polar surface area (TPSA) is 0 Å². The number of fused-ring (bicyclic) bond motifs is 2. The molecule has 0 N–H and O–H groups in total. The average Bonchev–Trinajstić information content (AvgIpc) is 3.48. The van der Waals surface area contributed by atoms with E-state index in [-0.39, 0.29) is 55.5 Å². The van der Waals surface area contributed by atoms with Crippen molar-refractivity contribution in [3.05, 3.63) is 99.5 Å². The van der Waals surface area contributed by atoms with Crippen LogP contribution < -0.4 is 0 Å². The SMILES string of the molecule is Cc1cc(C)cc(C2CCCC3C2CCC3C2(C3CCC4C(c5cc(C)cc(C)c5)CCCC43)CCC2)c1.[CH3-].[CH3-].[CH3-].[CH3-].[Hf+4]. The quantitative estimate of drug-likeness (QED) is 0.216. The average molecular weight is 747 g/mol. The zero-order chi connectivity index (χ0) is 26.0. The second-order valence-corrected chi connectivity index (χ2v) is 15.0. The van der Waals surface area contributed by atoms with E-state index in [0.29, 0.717) is 5.41 Å². The molecule has 0 amide bonds. The number of hydrogen-bond donors (Lipinski definition) is 0. The molecule has 43 heavy (non-hydrogen) atoms. The zero-order valence-electron chi connectivity index (χ0n) is 29.3. The van der Waals surface area contributed by atoms with Gasteiger partial charge < -0.3 is 29.7 Å². The van der Waals surface area contributed by atoms with E-state index in [1.54, 1.807) is 36.8 Å². The molecule has 2 aromatic carbocycles. The Balaban J connectivity index is 0.00000129. The van der Waals surface area contributed by atoms with Crippen molar-refractivity contribution >= 4 is 0 Å². The minimum atomic E-state index is 0. The van der Waals surface area contributed by atoms with E-state index in [2.05, 4.69) is 64.1 Å². The monoisotopic (exact) mass is 748 g/mol. The van der Waals surface area contributed by atoms with E-state index >= 15 is 0 Å². The Kier molecular flexibility index (Phi) is 13.7. The van der Waals surface area contributed by atoms with Crippen molar-refractivity contribution in [1.29, 1.82) is 0 Å². The van der Waals surface area contributed by atoms with Gasteiger partial charge in [0.15, 0.2) is 0 Å². The van der Waals surface area contributed by atoms with Crippen LogP contribution in [-0.4, -0.2) is 0 Å². The maximum Gasteiger partial charge on any atom is 4.00 e. The van der Waals surface area contributed by atoms with Crippen molar-refractivity contribution in [2.45, 2.75) is 123 Å². The molecular formula is C42H64Hf. The van der Waals surface area contributed by atoms with Crippen molar-refractivity contribution < 1.29 is 25.8 Å². The summed E-state index contributed by atoms with van der Waals surface area (Å²) < 4.78 is 0. The van der Waals surface area contributed by atoms with Crippen LogP contribution >= 0.6 is 0 Å². The summed E-state index contributed by atoms with van der Waals surface area (Å²) >= 11 is 0. The van der Waals surface area contributed by atoms with Gasteiger partial charge in [0.1, 0.15) is 0 Å². The van der Waals surface area contributed by atoms with Crippen LogP contribution in [0.5, 0.6) is 0 Å². The molecule has 8 atom stereocenters. The molecule has 8 unspecified atom stereocenters. The molecule has 0 aliphatic heterocycles. The summed E-state index contributed by atoms with van der Waals surface area (Å²) in [5, 5.41) is 0. The van der Waals surface area contributed by atoms with E-state index in [0.717, 1.165) is 47.3 Å². The van der Waals surface area contributed by atoms with Gasteiger partial charge in [-0.2, -0.15) is 0 Å². The first-order chi connectivity index (χ1) is 18.4. The number of rotatable bonds is 4. The van der Waals surface area contributed by atoms with Crippen molar-refractivity contribution in [2.24, 2.45) is 40.9 Å². The van der Waals surface area contributed by atoms with Gasteiger partial charge in [0, 0.05) is 0 Å². The molecule has 5 aliphatic carbocycles. The Labute approximate surface area is 287 Å². The Bertz CT molecular complexity index is 1050. The summed E-state index contributed by atoms with van der Waals surface area (Å²) in [5.41, 5.74) is 9.96. The van der Waals surface area contributed by atoms with E-state index in [9.17, 15) is 0 Å². The van der Waals surface area contributed by atoms with Crippen molar-refractivity contribution in [1.82, 2.24) is 0 Å². The zero-order valence-corrected chi connectivity index (χ0v) is 32.9. The Morgan fingerprint density at radius 2 is 0.814 bits per heavy atom. The largest absolute Gasteiger partial charge is 4.00 e. The molecule has 0 spiro atoms.